The number of hydrazine groups is 1. The Kier molecular flexibility index (Phi) is 4.63. The minimum atomic E-state index is 0.0624. The van der Waals surface area contributed by atoms with Gasteiger partial charge in [-0.25, -0.2) is 0 Å². The van der Waals surface area contributed by atoms with E-state index in [0.717, 1.165) is 21.9 Å². The van der Waals surface area contributed by atoms with E-state index in [0.29, 0.717) is 0 Å². The number of benzene rings is 1. The molecule has 19 heavy (non-hydrogen) atoms. The first-order chi connectivity index (χ1) is 9.01. The average Bonchev–Trinajstić information content (AvgIpc) is 2.66. The van der Waals surface area contributed by atoms with Gasteiger partial charge in [0.2, 0.25) is 0 Å². The van der Waals surface area contributed by atoms with Crippen molar-refractivity contribution in [3.63, 3.8) is 0 Å². The third kappa shape index (κ3) is 3.37. The van der Waals surface area contributed by atoms with Crippen LogP contribution in [0.15, 0.2) is 23.6 Å². The fraction of sp³-hybridized carbons (Fsp3) is 0.333. The minimum absolute atomic E-state index is 0.0624. The quantitative estimate of drug-likeness (QED) is 0.659. The van der Waals surface area contributed by atoms with Gasteiger partial charge in [0.05, 0.1) is 11.1 Å². The predicted octanol–water partition coefficient (Wildman–Crippen LogP) is 4.07. The molecule has 1 unspecified atom stereocenters. The Morgan fingerprint density at radius 3 is 2.32 bits per heavy atom. The van der Waals surface area contributed by atoms with Gasteiger partial charge in [-0.2, -0.15) is 0 Å². The normalized spacial score (nSPS) is 12.7. The van der Waals surface area contributed by atoms with E-state index < -0.39 is 0 Å². The maximum atomic E-state index is 6.33. The van der Waals surface area contributed by atoms with Crippen molar-refractivity contribution in [2.45, 2.75) is 33.2 Å². The summed E-state index contributed by atoms with van der Waals surface area (Å²) >= 11 is 7.99. The van der Waals surface area contributed by atoms with Crippen LogP contribution in [0.25, 0.3) is 0 Å². The van der Waals surface area contributed by atoms with Gasteiger partial charge >= 0.3 is 0 Å². The monoisotopic (exact) mass is 294 g/mol. The third-order valence-electron chi connectivity index (χ3n) is 3.16. The van der Waals surface area contributed by atoms with Crippen LogP contribution in [0.5, 0.6) is 0 Å². The van der Waals surface area contributed by atoms with Crippen LogP contribution in [0.2, 0.25) is 5.02 Å². The van der Waals surface area contributed by atoms with Crippen LogP contribution in [0, 0.1) is 20.8 Å². The second-order valence-electron chi connectivity index (χ2n) is 5.02. The van der Waals surface area contributed by atoms with Crippen LogP contribution in [-0.4, -0.2) is 0 Å². The lowest BCUT2D eigenvalue weighted by molar-refractivity contribution is 0.560. The number of hydrogen-bond donors (Lipinski definition) is 2. The van der Waals surface area contributed by atoms with Gasteiger partial charge in [0.15, 0.2) is 0 Å². The molecule has 0 amide bonds. The standard InChI is InChI=1S/C15H19ClN2S/c1-9-4-10(2)6-12(5-9)7-13(18-17)15-14(16)11(3)8-19-15/h4-6,8,13,18H,7,17H2,1-3H3. The van der Waals surface area contributed by atoms with Crippen LogP contribution in [0.3, 0.4) is 0 Å². The molecule has 0 radical (unpaired) electrons. The van der Waals surface area contributed by atoms with E-state index >= 15 is 0 Å². The molecule has 0 saturated heterocycles. The molecule has 1 heterocycles. The summed E-state index contributed by atoms with van der Waals surface area (Å²) in [5, 5.41) is 2.90. The van der Waals surface area contributed by atoms with Crippen LogP contribution < -0.4 is 11.3 Å². The van der Waals surface area contributed by atoms with Crippen molar-refractivity contribution in [1.29, 1.82) is 0 Å². The lowest BCUT2D eigenvalue weighted by Gasteiger charge is -2.16. The molecule has 1 atom stereocenters. The summed E-state index contributed by atoms with van der Waals surface area (Å²) in [5.74, 6) is 5.70. The summed E-state index contributed by atoms with van der Waals surface area (Å²) < 4.78 is 0. The predicted molar refractivity (Wildman–Crippen MR) is 83.8 cm³/mol. The molecule has 102 valence electrons. The first-order valence-corrected chi connectivity index (χ1v) is 7.53. The first kappa shape index (κ1) is 14.5. The van der Waals surface area contributed by atoms with Crippen LogP contribution in [-0.2, 0) is 6.42 Å². The van der Waals surface area contributed by atoms with Crippen LogP contribution in [0.1, 0.15) is 33.2 Å². The van der Waals surface area contributed by atoms with Crippen molar-refractivity contribution in [1.82, 2.24) is 5.43 Å². The molecule has 0 aliphatic rings. The molecule has 0 saturated carbocycles. The Morgan fingerprint density at radius 1 is 1.21 bits per heavy atom. The summed E-state index contributed by atoms with van der Waals surface area (Å²) in [6.45, 7) is 6.25. The van der Waals surface area contributed by atoms with E-state index in [4.69, 9.17) is 17.4 Å². The highest BCUT2D eigenvalue weighted by atomic mass is 35.5. The average molecular weight is 295 g/mol. The molecule has 3 N–H and O–H groups in total. The topological polar surface area (TPSA) is 38.0 Å². The fourth-order valence-corrected chi connectivity index (χ4v) is 3.72. The molecule has 2 nitrogen and oxygen atoms in total. The largest absolute Gasteiger partial charge is 0.271 e. The molecule has 2 rings (SSSR count). The van der Waals surface area contributed by atoms with Gasteiger partial charge < -0.3 is 0 Å². The number of thiophene rings is 1. The molecule has 0 bridgehead atoms. The molecule has 0 aliphatic carbocycles. The van der Waals surface area contributed by atoms with Crippen molar-refractivity contribution < 1.29 is 0 Å². The number of hydrogen-bond acceptors (Lipinski definition) is 3. The van der Waals surface area contributed by atoms with E-state index in [1.54, 1.807) is 11.3 Å². The first-order valence-electron chi connectivity index (χ1n) is 6.28. The third-order valence-corrected chi connectivity index (χ3v) is 4.99. The Bertz CT molecular complexity index is 557. The number of halogens is 1. The fourth-order valence-electron chi connectivity index (χ4n) is 2.33. The van der Waals surface area contributed by atoms with Crippen molar-refractivity contribution in [2.24, 2.45) is 5.84 Å². The molecule has 0 spiro atoms. The lowest BCUT2D eigenvalue weighted by atomic mass is 10.0. The van der Waals surface area contributed by atoms with Crippen molar-refractivity contribution in [2.75, 3.05) is 0 Å². The van der Waals surface area contributed by atoms with E-state index in [1.807, 2.05) is 6.92 Å². The summed E-state index contributed by atoms with van der Waals surface area (Å²) in [5.41, 5.74) is 7.83. The van der Waals surface area contributed by atoms with Crippen LogP contribution in [0.4, 0.5) is 0 Å². The minimum Gasteiger partial charge on any atom is -0.271 e. The van der Waals surface area contributed by atoms with Gasteiger partial charge in [-0.3, -0.25) is 11.3 Å². The van der Waals surface area contributed by atoms with Gasteiger partial charge in [-0.15, -0.1) is 11.3 Å². The maximum Gasteiger partial charge on any atom is 0.0608 e. The van der Waals surface area contributed by atoms with Gasteiger partial charge in [-0.05, 0) is 43.7 Å². The molecular weight excluding hydrogens is 276 g/mol. The smallest absolute Gasteiger partial charge is 0.0608 e. The zero-order chi connectivity index (χ0) is 14.0. The number of nitrogens with two attached hydrogens (primary N) is 1. The second kappa shape index (κ2) is 6.06. The molecule has 2 aromatic rings. The highest BCUT2D eigenvalue weighted by molar-refractivity contribution is 7.10. The summed E-state index contributed by atoms with van der Waals surface area (Å²) in [6.07, 6.45) is 0.846. The molecular formula is C15H19ClN2S. The summed E-state index contributed by atoms with van der Waals surface area (Å²) in [7, 11) is 0. The highest BCUT2D eigenvalue weighted by Crippen LogP contribution is 2.33. The van der Waals surface area contributed by atoms with E-state index in [1.165, 1.54) is 16.7 Å². The molecule has 0 aliphatic heterocycles. The van der Waals surface area contributed by atoms with Crippen molar-refractivity contribution in [3.05, 3.63) is 55.7 Å². The SMILES string of the molecule is Cc1cc(C)cc(CC(NN)c2scc(C)c2Cl)c1. The molecule has 0 fully saturated rings. The van der Waals surface area contributed by atoms with Gasteiger partial charge in [0.25, 0.3) is 0 Å². The maximum absolute atomic E-state index is 6.33. The second-order valence-corrected chi connectivity index (χ2v) is 6.31. The molecule has 1 aromatic carbocycles. The van der Waals surface area contributed by atoms with Gasteiger partial charge in [0, 0.05) is 4.88 Å². The zero-order valence-electron chi connectivity index (χ0n) is 11.5. The Morgan fingerprint density at radius 2 is 1.84 bits per heavy atom. The van der Waals surface area contributed by atoms with Crippen molar-refractivity contribution in [3.8, 4) is 0 Å². The lowest BCUT2D eigenvalue weighted by Crippen LogP contribution is -2.29. The number of aryl methyl sites for hydroxylation is 3. The number of nitrogens with one attached hydrogen (secondary N) is 1. The molecule has 1 aromatic heterocycles. The molecule has 4 heteroatoms. The Labute approximate surface area is 123 Å². The Hall–Kier alpha value is -0.870. The summed E-state index contributed by atoms with van der Waals surface area (Å²) in [4.78, 5) is 1.11. The number of rotatable bonds is 4. The van der Waals surface area contributed by atoms with Gasteiger partial charge in [0.1, 0.15) is 0 Å². The summed E-state index contributed by atoms with van der Waals surface area (Å²) in [6, 6.07) is 6.64. The van der Waals surface area contributed by atoms with Gasteiger partial charge in [-0.1, -0.05) is 40.9 Å². The van der Waals surface area contributed by atoms with E-state index in [9.17, 15) is 0 Å². The van der Waals surface area contributed by atoms with E-state index in [2.05, 4.69) is 42.9 Å². The Balaban J connectivity index is 2.26. The highest BCUT2D eigenvalue weighted by Gasteiger charge is 2.17. The zero-order valence-corrected chi connectivity index (χ0v) is 13.0. The van der Waals surface area contributed by atoms with Crippen LogP contribution >= 0.6 is 22.9 Å². The van der Waals surface area contributed by atoms with E-state index in [-0.39, 0.29) is 6.04 Å². The van der Waals surface area contributed by atoms with Crippen molar-refractivity contribution >= 4 is 22.9 Å².